The highest BCUT2D eigenvalue weighted by atomic mass is 32.2. The lowest BCUT2D eigenvalue weighted by atomic mass is 10.1. The second-order valence-corrected chi connectivity index (χ2v) is 9.66. The average Bonchev–Trinajstić information content (AvgIpc) is 3.37. The van der Waals surface area contributed by atoms with E-state index in [4.69, 9.17) is 9.15 Å². The van der Waals surface area contributed by atoms with Crippen molar-refractivity contribution in [1.82, 2.24) is 14.6 Å². The minimum absolute atomic E-state index is 0.0694. The zero-order valence-electron chi connectivity index (χ0n) is 21.1. The van der Waals surface area contributed by atoms with E-state index in [1.54, 1.807) is 13.8 Å². The molecule has 10 heteroatoms. The second-order valence-electron chi connectivity index (χ2n) is 8.49. The van der Waals surface area contributed by atoms with Crippen LogP contribution in [-0.2, 0) is 9.53 Å². The van der Waals surface area contributed by atoms with Crippen LogP contribution in [0.2, 0.25) is 0 Å². The molecule has 0 spiro atoms. The summed E-state index contributed by atoms with van der Waals surface area (Å²) in [6.07, 6.45) is 0.474. The molecule has 0 saturated heterocycles. The van der Waals surface area contributed by atoms with Gasteiger partial charge in [0, 0.05) is 5.39 Å². The molecule has 0 aliphatic heterocycles. The number of pyridine rings is 1. The Labute approximate surface area is 212 Å². The van der Waals surface area contributed by atoms with Crippen LogP contribution >= 0.6 is 11.8 Å². The number of nitrogens with one attached hydrogen (secondary N) is 1. The number of aromatic nitrogens is 3. The van der Waals surface area contributed by atoms with Gasteiger partial charge in [-0.25, -0.2) is 4.79 Å². The van der Waals surface area contributed by atoms with Gasteiger partial charge in [0.2, 0.25) is 11.8 Å². The summed E-state index contributed by atoms with van der Waals surface area (Å²) in [6.45, 7) is 10.6. The first-order chi connectivity index (χ1) is 17.2. The van der Waals surface area contributed by atoms with Crippen LogP contribution in [0.4, 0.5) is 5.88 Å². The van der Waals surface area contributed by atoms with Gasteiger partial charge in [0.25, 0.3) is 0 Å². The molecule has 0 aliphatic carbocycles. The van der Waals surface area contributed by atoms with Crippen LogP contribution in [0.15, 0.2) is 33.8 Å². The van der Waals surface area contributed by atoms with Crippen molar-refractivity contribution in [3.63, 3.8) is 0 Å². The first kappa shape index (κ1) is 25.4. The van der Waals surface area contributed by atoms with Crippen LogP contribution in [0, 0.1) is 20.8 Å². The molecule has 188 valence electrons. The van der Waals surface area contributed by atoms with E-state index < -0.39 is 11.2 Å². The number of anilines is 1. The highest BCUT2D eigenvalue weighted by molar-refractivity contribution is 8.00. The summed E-state index contributed by atoms with van der Waals surface area (Å²) >= 11 is 1.28. The fourth-order valence-electron chi connectivity index (χ4n) is 4.30. The van der Waals surface area contributed by atoms with Crippen molar-refractivity contribution in [3.8, 4) is 0 Å². The number of furan rings is 1. The predicted molar refractivity (Wildman–Crippen MR) is 138 cm³/mol. The lowest BCUT2D eigenvalue weighted by Crippen LogP contribution is -2.26. The van der Waals surface area contributed by atoms with E-state index in [0.29, 0.717) is 17.2 Å². The summed E-state index contributed by atoms with van der Waals surface area (Å²) in [7, 11) is 0. The van der Waals surface area contributed by atoms with Crippen LogP contribution in [0.3, 0.4) is 0 Å². The molecule has 36 heavy (non-hydrogen) atoms. The van der Waals surface area contributed by atoms with Crippen molar-refractivity contribution in [3.05, 3.63) is 52.3 Å². The summed E-state index contributed by atoms with van der Waals surface area (Å²) in [5.74, 6) is -1.32. The van der Waals surface area contributed by atoms with Crippen LogP contribution in [0.5, 0.6) is 0 Å². The molecular weight excluding hydrogens is 480 g/mol. The number of esters is 1. The Morgan fingerprint density at radius 1 is 1.11 bits per heavy atom. The Bertz CT molecular complexity index is 1500. The third-order valence-corrected chi connectivity index (χ3v) is 7.26. The van der Waals surface area contributed by atoms with Gasteiger partial charge in [-0.3, -0.25) is 19.3 Å². The molecule has 4 rings (SSSR count). The fourth-order valence-corrected chi connectivity index (χ4v) is 5.27. The van der Waals surface area contributed by atoms with Gasteiger partial charge < -0.3 is 9.15 Å². The van der Waals surface area contributed by atoms with Crippen LogP contribution in [-0.4, -0.2) is 44.1 Å². The van der Waals surface area contributed by atoms with Crippen molar-refractivity contribution in [2.24, 2.45) is 0 Å². The van der Waals surface area contributed by atoms with Gasteiger partial charge in [0.05, 0.1) is 22.9 Å². The molecule has 1 atom stereocenters. The molecule has 3 aromatic heterocycles. The molecule has 4 aromatic rings. The van der Waals surface area contributed by atoms with Crippen LogP contribution in [0.25, 0.3) is 16.6 Å². The lowest BCUT2D eigenvalue weighted by Gasteiger charge is -2.15. The number of thioether (sulfide) groups is 1. The van der Waals surface area contributed by atoms with Gasteiger partial charge in [-0.05, 0) is 58.2 Å². The Hall–Kier alpha value is -3.66. The Kier molecular flexibility index (Phi) is 7.16. The number of ether oxygens (including phenoxy) is 1. The summed E-state index contributed by atoms with van der Waals surface area (Å²) in [6, 6.07) is 8.07. The predicted octanol–water partition coefficient (Wildman–Crippen LogP) is 5.29. The summed E-state index contributed by atoms with van der Waals surface area (Å²) < 4.78 is 12.7. The maximum absolute atomic E-state index is 13.3. The molecule has 9 nitrogen and oxygen atoms in total. The van der Waals surface area contributed by atoms with E-state index >= 15 is 0 Å². The third kappa shape index (κ3) is 4.48. The minimum Gasteiger partial charge on any atom is -0.462 e. The number of aryl methyl sites for hydroxylation is 3. The number of para-hydroxylation sites is 1. The largest absolute Gasteiger partial charge is 0.462 e. The molecule has 1 unspecified atom stereocenters. The smallest absolute Gasteiger partial charge is 0.344 e. The fraction of sp³-hybridized carbons (Fsp3) is 0.346. The number of nitrogens with zero attached hydrogens (tertiary/aromatic N) is 3. The molecule has 3 heterocycles. The highest BCUT2D eigenvalue weighted by Gasteiger charge is 2.31. The molecule has 0 saturated carbocycles. The Morgan fingerprint density at radius 2 is 1.86 bits per heavy atom. The number of hydrogen-bond donors (Lipinski definition) is 1. The van der Waals surface area contributed by atoms with E-state index in [1.807, 2.05) is 43.4 Å². The zero-order chi connectivity index (χ0) is 26.1. The molecule has 0 aliphatic rings. The Morgan fingerprint density at radius 3 is 2.53 bits per heavy atom. The van der Waals surface area contributed by atoms with Crippen LogP contribution in [0.1, 0.15) is 64.8 Å². The van der Waals surface area contributed by atoms with Gasteiger partial charge in [-0.2, -0.15) is 0 Å². The molecule has 1 N–H and O–H groups in total. The molecule has 0 fully saturated rings. The standard InChI is InChI=1S/C26H28N4O5S/c1-7-18(23(32)27-24-21(25(33)34-8-2)20(15(5)31)16(6)35-24)36-26-29-28-19-12-14(4)17-11-9-10-13(3)22(17)30(19)26/h9-12,18H,7-8H2,1-6H3,(H,27,32). The summed E-state index contributed by atoms with van der Waals surface area (Å²) in [5.41, 5.74) is 3.89. The van der Waals surface area contributed by atoms with Crippen molar-refractivity contribution >= 4 is 51.9 Å². The second kappa shape index (κ2) is 10.1. The third-order valence-electron chi connectivity index (χ3n) is 5.95. The van der Waals surface area contributed by atoms with Gasteiger partial charge in [0.1, 0.15) is 11.3 Å². The molecular formula is C26H28N4O5S. The highest BCUT2D eigenvalue weighted by Crippen LogP contribution is 2.33. The molecule has 0 bridgehead atoms. The number of rotatable bonds is 8. The molecule has 1 amide bonds. The van der Waals surface area contributed by atoms with E-state index in [-0.39, 0.29) is 41.1 Å². The van der Waals surface area contributed by atoms with Gasteiger partial charge >= 0.3 is 5.97 Å². The molecule has 0 radical (unpaired) electrons. The number of ketones is 1. The van der Waals surface area contributed by atoms with E-state index in [2.05, 4.69) is 21.6 Å². The average molecular weight is 509 g/mol. The number of carbonyl (C=O) groups is 3. The normalized spacial score (nSPS) is 12.2. The van der Waals surface area contributed by atoms with Crippen molar-refractivity contribution < 1.29 is 23.5 Å². The van der Waals surface area contributed by atoms with Gasteiger partial charge in [0.15, 0.2) is 16.6 Å². The van der Waals surface area contributed by atoms with E-state index in [1.165, 1.54) is 18.7 Å². The maximum Gasteiger partial charge on any atom is 0.344 e. The number of fused-ring (bicyclic) bond motifs is 3. The first-order valence-corrected chi connectivity index (χ1v) is 12.6. The van der Waals surface area contributed by atoms with E-state index in [0.717, 1.165) is 22.0 Å². The van der Waals surface area contributed by atoms with Crippen LogP contribution < -0.4 is 5.32 Å². The number of carbonyl (C=O) groups excluding carboxylic acids is 3. The maximum atomic E-state index is 13.3. The minimum atomic E-state index is -0.726. The number of hydrogen-bond acceptors (Lipinski definition) is 8. The number of amides is 1. The van der Waals surface area contributed by atoms with Crippen molar-refractivity contribution in [2.45, 2.75) is 58.4 Å². The monoisotopic (exact) mass is 508 g/mol. The SMILES string of the molecule is CCOC(=O)c1c(NC(=O)C(CC)Sc2nnc3cc(C)c4cccc(C)c4n23)oc(C)c1C(C)=O. The lowest BCUT2D eigenvalue weighted by molar-refractivity contribution is -0.115. The molecule has 1 aromatic carbocycles. The van der Waals surface area contributed by atoms with Crippen molar-refractivity contribution in [1.29, 1.82) is 0 Å². The quantitative estimate of drug-likeness (QED) is 0.194. The number of benzene rings is 1. The van der Waals surface area contributed by atoms with Crippen molar-refractivity contribution in [2.75, 3.05) is 11.9 Å². The summed E-state index contributed by atoms with van der Waals surface area (Å²) in [4.78, 5) is 38.1. The summed E-state index contributed by atoms with van der Waals surface area (Å²) in [5, 5.41) is 12.5. The van der Waals surface area contributed by atoms with Gasteiger partial charge in [-0.1, -0.05) is 36.9 Å². The zero-order valence-corrected chi connectivity index (χ0v) is 21.9. The topological polar surface area (TPSA) is 116 Å². The van der Waals surface area contributed by atoms with Gasteiger partial charge in [-0.15, -0.1) is 10.2 Å². The van der Waals surface area contributed by atoms with E-state index in [9.17, 15) is 14.4 Å². The number of Topliss-reactive ketones (excluding diaryl/α,β-unsaturated/α-hetero) is 1. The Balaban J connectivity index is 1.70. The first-order valence-electron chi connectivity index (χ1n) is 11.7.